The highest BCUT2D eigenvalue weighted by Crippen LogP contribution is 2.39. The topological polar surface area (TPSA) is 41.5 Å². The molecule has 3 aromatic rings. The summed E-state index contributed by atoms with van der Waals surface area (Å²) in [7, 11) is 0. The van der Waals surface area contributed by atoms with E-state index in [1.165, 1.54) is 29.9 Å². The van der Waals surface area contributed by atoms with Crippen LogP contribution in [0.25, 0.3) is 0 Å². The molecule has 0 bridgehead atoms. The average Bonchev–Trinajstić information content (AvgIpc) is 3.06. The fourth-order valence-corrected chi connectivity index (χ4v) is 5.20. The Bertz CT molecular complexity index is 1120. The number of aliphatic imine (C=N–C) groups is 1. The van der Waals surface area contributed by atoms with Gasteiger partial charge in [0.1, 0.15) is 10.8 Å². The lowest BCUT2D eigenvalue weighted by Gasteiger charge is -2.13. The summed E-state index contributed by atoms with van der Waals surface area (Å²) >= 11 is 1.62. The van der Waals surface area contributed by atoms with E-state index >= 15 is 0 Å². The molecular formula is C26H27FN2OS. The molecule has 0 aliphatic heterocycles. The van der Waals surface area contributed by atoms with Crippen molar-refractivity contribution in [1.29, 1.82) is 0 Å². The molecule has 0 saturated heterocycles. The fraction of sp³-hybridized carbons (Fsp3) is 0.308. The second-order valence-electron chi connectivity index (χ2n) is 8.18. The zero-order valence-electron chi connectivity index (χ0n) is 18.0. The summed E-state index contributed by atoms with van der Waals surface area (Å²) in [5.41, 5.74) is 5.64. The van der Waals surface area contributed by atoms with Gasteiger partial charge in [0.05, 0.1) is 5.56 Å². The Morgan fingerprint density at radius 3 is 2.55 bits per heavy atom. The van der Waals surface area contributed by atoms with Crippen LogP contribution in [0, 0.1) is 19.7 Å². The van der Waals surface area contributed by atoms with Crippen LogP contribution >= 0.6 is 11.3 Å². The molecule has 0 spiro atoms. The van der Waals surface area contributed by atoms with Crippen LogP contribution in [0.5, 0.6) is 0 Å². The Hall–Kier alpha value is -2.79. The third kappa shape index (κ3) is 5.10. The first-order valence-corrected chi connectivity index (χ1v) is 11.7. The molecule has 4 rings (SSSR count). The minimum Gasteiger partial charge on any atom is -0.322 e. The number of hydrogen-bond acceptors (Lipinski definition) is 3. The summed E-state index contributed by atoms with van der Waals surface area (Å²) in [6.45, 7) is 4.02. The van der Waals surface area contributed by atoms with Gasteiger partial charge in [0, 0.05) is 16.8 Å². The van der Waals surface area contributed by atoms with Crippen LogP contribution in [0.2, 0.25) is 0 Å². The molecule has 0 unspecified atom stereocenters. The maximum absolute atomic E-state index is 13.5. The molecule has 2 aromatic carbocycles. The highest BCUT2D eigenvalue weighted by molar-refractivity contribution is 7.16. The number of fused-ring (bicyclic) bond motifs is 1. The van der Waals surface area contributed by atoms with Gasteiger partial charge in [0.2, 0.25) is 0 Å². The van der Waals surface area contributed by atoms with Gasteiger partial charge in [0.15, 0.2) is 0 Å². The number of carbonyl (C=O) groups excluding carboxylic acids is 1. The van der Waals surface area contributed by atoms with Gasteiger partial charge in [0.25, 0.3) is 5.91 Å². The minimum absolute atomic E-state index is 0.0990. The molecule has 0 fully saturated rings. The van der Waals surface area contributed by atoms with Crippen LogP contribution in [0.15, 0.2) is 47.5 Å². The number of hydrogen-bond donors (Lipinski definition) is 1. The lowest BCUT2D eigenvalue weighted by atomic mass is 9.96. The van der Waals surface area contributed by atoms with E-state index in [0.717, 1.165) is 58.6 Å². The first-order chi connectivity index (χ1) is 15.0. The number of thiophene rings is 1. The molecule has 160 valence electrons. The highest BCUT2D eigenvalue weighted by atomic mass is 32.1. The highest BCUT2D eigenvalue weighted by Gasteiger charge is 2.24. The Morgan fingerprint density at radius 2 is 1.77 bits per heavy atom. The standard InChI is InChI=1S/C26H27FN2OS/c1-17-9-10-18(2)22(15-17)29-25(30)24-21-7-5-3-4-6-8-23(21)31-26(24)28-16-19-11-13-20(27)14-12-19/h9-16H,3-8H2,1-2H3,(H,29,30). The van der Waals surface area contributed by atoms with E-state index in [0.29, 0.717) is 5.56 Å². The van der Waals surface area contributed by atoms with Gasteiger partial charge < -0.3 is 5.32 Å². The van der Waals surface area contributed by atoms with Crippen LogP contribution in [0.1, 0.15) is 63.2 Å². The summed E-state index contributed by atoms with van der Waals surface area (Å²) < 4.78 is 13.2. The lowest BCUT2D eigenvalue weighted by Crippen LogP contribution is -2.15. The molecule has 1 amide bonds. The van der Waals surface area contributed by atoms with Gasteiger partial charge in [-0.05, 0) is 80.0 Å². The van der Waals surface area contributed by atoms with Crippen LogP contribution in [0.3, 0.4) is 0 Å². The van der Waals surface area contributed by atoms with Gasteiger partial charge in [-0.3, -0.25) is 4.79 Å². The Kier molecular flexibility index (Phi) is 6.62. The molecule has 1 aromatic heterocycles. The van der Waals surface area contributed by atoms with Crippen molar-refractivity contribution >= 4 is 34.1 Å². The van der Waals surface area contributed by atoms with Crippen LogP contribution in [0.4, 0.5) is 15.1 Å². The Balaban J connectivity index is 1.72. The number of halogens is 1. The van der Waals surface area contributed by atoms with Crippen LogP contribution in [-0.4, -0.2) is 12.1 Å². The molecule has 0 atom stereocenters. The molecule has 1 aliphatic carbocycles. The monoisotopic (exact) mass is 434 g/mol. The quantitative estimate of drug-likeness (QED) is 0.435. The third-order valence-electron chi connectivity index (χ3n) is 5.72. The van der Waals surface area contributed by atoms with Crippen LogP contribution < -0.4 is 5.32 Å². The summed E-state index contributed by atoms with van der Waals surface area (Å²) in [5.74, 6) is -0.372. The van der Waals surface area contributed by atoms with Gasteiger partial charge in [-0.1, -0.05) is 37.1 Å². The molecule has 31 heavy (non-hydrogen) atoms. The Labute approximate surface area is 187 Å². The molecule has 3 nitrogen and oxygen atoms in total. The van der Waals surface area contributed by atoms with Gasteiger partial charge in [-0.25, -0.2) is 9.38 Å². The number of aryl methyl sites for hydroxylation is 3. The summed E-state index contributed by atoms with van der Waals surface area (Å²) in [5, 5.41) is 3.87. The second-order valence-corrected chi connectivity index (χ2v) is 9.26. The summed E-state index contributed by atoms with van der Waals surface area (Å²) in [4.78, 5) is 19.4. The Morgan fingerprint density at radius 1 is 1.03 bits per heavy atom. The maximum atomic E-state index is 13.5. The van der Waals surface area contributed by atoms with Crippen molar-refractivity contribution < 1.29 is 9.18 Å². The number of nitrogens with zero attached hydrogens (tertiary/aromatic N) is 1. The smallest absolute Gasteiger partial charge is 0.259 e. The number of rotatable bonds is 4. The second kappa shape index (κ2) is 9.56. The van der Waals surface area contributed by atoms with E-state index in [2.05, 4.69) is 10.3 Å². The van der Waals surface area contributed by atoms with Gasteiger partial charge in [-0.2, -0.15) is 0 Å². The van der Waals surface area contributed by atoms with E-state index in [1.807, 2.05) is 32.0 Å². The molecular weight excluding hydrogens is 407 g/mol. The van der Waals surface area contributed by atoms with E-state index in [1.54, 1.807) is 29.7 Å². The fourth-order valence-electron chi connectivity index (χ4n) is 3.97. The number of nitrogens with one attached hydrogen (secondary N) is 1. The van der Waals surface area contributed by atoms with Crippen molar-refractivity contribution in [2.75, 3.05) is 5.32 Å². The maximum Gasteiger partial charge on any atom is 0.259 e. The molecule has 0 radical (unpaired) electrons. The number of amides is 1. The molecule has 1 heterocycles. The predicted octanol–water partition coefficient (Wildman–Crippen LogP) is 7.17. The number of benzene rings is 2. The van der Waals surface area contributed by atoms with E-state index in [-0.39, 0.29) is 11.7 Å². The number of anilines is 1. The summed E-state index contributed by atoms with van der Waals surface area (Å²) in [6, 6.07) is 12.3. The average molecular weight is 435 g/mol. The van der Waals surface area contributed by atoms with Crippen molar-refractivity contribution in [3.05, 3.63) is 81.0 Å². The number of carbonyl (C=O) groups is 1. The van der Waals surface area contributed by atoms with E-state index < -0.39 is 0 Å². The third-order valence-corrected chi connectivity index (χ3v) is 6.92. The van der Waals surface area contributed by atoms with E-state index in [9.17, 15) is 9.18 Å². The lowest BCUT2D eigenvalue weighted by molar-refractivity contribution is 0.102. The van der Waals surface area contributed by atoms with Crippen molar-refractivity contribution in [3.63, 3.8) is 0 Å². The zero-order chi connectivity index (χ0) is 21.8. The minimum atomic E-state index is -0.273. The molecule has 1 N–H and O–H groups in total. The van der Waals surface area contributed by atoms with Crippen molar-refractivity contribution in [3.8, 4) is 0 Å². The predicted molar refractivity (Wildman–Crippen MR) is 128 cm³/mol. The van der Waals surface area contributed by atoms with Crippen molar-refractivity contribution in [2.24, 2.45) is 4.99 Å². The summed E-state index contributed by atoms with van der Waals surface area (Å²) in [6.07, 6.45) is 8.29. The van der Waals surface area contributed by atoms with E-state index in [4.69, 9.17) is 0 Å². The first kappa shape index (κ1) is 21.4. The molecule has 0 saturated carbocycles. The SMILES string of the molecule is Cc1ccc(C)c(NC(=O)c2c(N=Cc3ccc(F)cc3)sc3c2CCCCCC3)c1. The zero-order valence-corrected chi connectivity index (χ0v) is 18.8. The molecule has 1 aliphatic rings. The van der Waals surface area contributed by atoms with Crippen molar-refractivity contribution in [1.82, 2.24) is 0 Å². The first-order valence-electron chi connectivity index (χ1n) is 10.8. The molecule has 5 heteroatoms. The van der Waals surface area contributed by atoms with Crippen LogP contribution in [-0.2, 0) is 12.8 Å². The van der Waals surface area contributed by atoms with Gasteiger partial charge >= 0.3 is 0 Å². The normalized spacial score (nSPS) is 14.2. The van der Waals surface area contributed by atoms with Crippen molar-refractivity contribution in [2.45, 2.75) is 52.4 Å². The van der Waals surface area contributed by atoms with Gasteiger partial charge in [-0.15, -0.1) is 11.3 Å². The largest absolute Gasteiger partial charge is 0.322 e.